The van der Waals surface area contributed by atoms with Crippen LogP contribution in [-0.2, 0) is 77.0 Å². The smallest absolute Gasteiger partial charge is 0.317 e. The van der Waals surface area contributed by atoms with E-state index in [0.29, 0.717) is 72.0 Å². The Hall–Kier alpha value is -6.69. The molecule has 3 aromatic rings. The van der Waals surface area contributed by atoms with Gasteiger partial charge in [-0.1, -0.05) is 6.92 Å². The summed E-state index contributed by atoms with van der Waals surface area (Å²) in [7, 11) is 4.95. The first-order valence-electron chi connectivity index (χ1n) is 23.9. The van der Waals surface area contributed by atoms with Gasteiger partial charge in [0.15, 0.2) is 0 Å². The van der Waals surface area contributed by atoms with Crippen molar-refractivity contribution in [3.63, 3.8) is 0 Å². The SMILES string of the molecule is CCC1C(=O)OCc2c1cc1n(c2=O)Cc2c-1nc1cc(F)c(C)c3c1c2C(NC(=O)C1(OCNC(=O)CNC)CC1)CC3.CNCC(=O)NC(C=O)[CH2][Pb].CNCC(=O)O.O=CCNC(=O)CN1C(=O)C=CC1=O. The number of carbonyl (C=O) groups excluding carboxylic acids is 9. The van der Waals surface area contributed by atoms with E-state index in [2.05, 4.69) is 37.2 Å². The minimum absolute atomic E-state index is 0.0417. The van der Waals surface area contributed by atoms with Crippen molar-refractivity contribution >= 4 is 96.6 Å². The maximum Gasteiger partial charge on any atom is 0.317 e. The number of fused-ring (bicyclic) bond motifs is 5. The first-order valence-corrected chi connectivity index (χ1v) is 26.7. The van der Waals surface area contributed by atoms with Gasteiger partial charge in [-0.05, 0) is 81.4 Å². The van der Waals surface area contributed by atoms with Gasteiger partial charge in [0, 0.05) is 29.2 Å². The van der Waals surface area contributed by atoms with Crippen LogP contribution in [0.5, 0.6) is 0 Å². The van der Waals surface area contributed by atoms with Crippen LogP contribution in [0, 0.1) is 12.7 Å². The average Bonchev–Trinajstić information content (AvgIpc) is 3.99. The molecule has 401 valence electrons. The van der Waals surface area contributed by atoms with Gasteiger partial charge in [0.1, 0.15) is 37.6 Å². The van der Waals surface area contributed by atoms with Gasteiger partial charge in [-0.25, -0.2) is 9.37 Å². The Kier molecular flexibility index (Phi) is 21.5. The van der Waals surface area contributed by atoms with Crippen molar-refractivity contribution in [3.05, 3.63) is 73.8 Å². The number of likely N-dealkylation sites (N-methyl/N-ethyl adjacent to an activating group) is 3. The molecule has 3 radical (unpaired) electrons. The van der Waals surface area contributed by atoms with E-state index in [0.717, 1.165) is 75.2 Å². The van der Waals surface area contributed by atoms with E-state index < -0.39 is 41.3 Å². The summed E-state index contributed by atoms with van der Waals surface area (Å²) in [5.74, 6) is -4.27. The number of carbonyl (C=O) groups is 10. The quantitative estimate of drug-likeness (QED) is 0.0172. The predicted octanol–water partition coefficient (Wildman–Crippen LogP) is -1.64. The third-order valence-corrected chi connectivity index (χ3v) is 14.3. The van der Waals surface area contributed by atoms with Crippen molar-refractivity contribution in [1.29, 1.82) is 0 Å². The van der Waals surface area contributed by atoms with Gasteiger partial charge < -0.3 is 50.5 Å². The zero-order valence-electron chi connectivity index (χ0n) is 42.1. The van der Waals surface area contributed by atoms with Crippen molar-refractivity contribution in [3.8, 4) is 11.4 Å². The minimum atomic E-state index is -1.03. The number of nitrogens with one attached hydrogen (secondary N) is 7. The van der Waals surface area contributed by atoms with Gasteiger partial charge in [-0.15, -0.1) is 0 Å². The Morgan fingerprint density at radius 3 is 2.19 bits per heavy atom. The summed E-state index contributed by atoms with van der Waals surface area (Å²) < 4.78 is 28.8. The molecule has 24 nitrogen and oxygen atoms in total. The molecule has 0 saturated heterocycles. The molecule has 1 fully saturated rings. The second kappa shape index (κ2) is 27.2. The number of ether oxygens (including phenoxy) is 2. The summed E-state index contributed by atoms with van der Waals surface area (Å²) >= 11 is 0.925. The second-order valence-electron chi connectivity index (χ2n) is 17.6. The molecule has 3 atom stereocenters. The van der Waals surface area contributed by atoms with Crippen LogP contribution in [0.2, 0.25) is 3.98 Å². The third kappa shape index (κ3) is 14.4. The zero-order valence-corrected chi connectivity index (χ0v) is 46.0. The van der Waals surface area contributed by atoms with Gasteiger partial charge in [0.2, 0.25) is 11.8 Å². The van der Waals surface area contributed by atoms with Crippen LogP contribution in [0.3, 0.4) is 0 Å². The molecule has 1 saturated carbocycles. The van der Waals surface area contributed by atoms with Crippen molar-refractivity contribution < 1.29 is 66.9 Å². The number of aliphatic carboxylic acids is 1. The molecule has 3 unspecified atom stereocenters. The largest absolute Gasteiger partial charge is 0.480 e. The summed E-state index contributed by atoms with van der Waals surface area (Å²) in [5, 5.41) is 27.3. The maximum absolute atomic E-state index is 15.2. The van der Waals surface area contributed by atoms with Gasteiger partial charge in [0.25, 0.3) is 23.3 Å². The second-order valence-corrected chi connectivity index (χ2v) is 19.2. The van der Waals surface area contributed by atoms with Crippen LogP contribution in [0.4, 0.5) is 4.39 Å². The van der Waals surface area contributed by atoms with E-state index in [9.17, 15) is 52.7 Å². The van der Waals surface area contributed by atoms with Crippen molar-refractivity contribution in [2.24, 2.45) is 0 Å². The molecular formula is C49H60FN10O14Pb. The van der Waals surface area contributed by atoms with E-state index in [-0.39, 0.29) is 93.7 Å². The number of aromatic nitrogens is 2. The molecule has 2 aliphatic carbocycles. The number of aldehydes is 2. The van der Waals surface area contributed by atoms with Gasteiger partial charge in [-0.2, -0.15) is 0 Å². The number of rotatable bonds is 19. The first-order chi connectivity index (χ1) is 35.8. The standard InChI is InChI=1S/C32H34FN5O6.C8H8N2O4.C6H11N2O2.C3H7NO2.Pb/c1-4-16-18-9-24-28-19(12-38(24)29(40)20(18)13-43-30(16)41)27-22(6-5-17-15(2)21(33)10-23(36-28)26(17)27)37-31(42)32(7-8-32)44-14-35-25(39)11-34-3;11-4-3-9-6(12)5-10-7(13)1-2-8(10)14;1-5(4-9)8-6(10)3-7-2;1-4-2-3(5)6;/h9-10,16,22,34H,4-8,11-14H2,1-3H3,(H,35,39)(H,37,42);1-2,4H,3,5H2,(H,9,12);4-5,7H,1,3H2,2H3,(H,8,10);4H,2H2,1H3,(H,5,6);. The van der Waals surface area contributed by atoms with E-state index >= 15 is 4.39 Å². The molecule has 26 heteroatoms. The Morgan fingerprint density at radius 2 is 1.61 bits per heavy atom. The number of pyridine rings is 2. The zero-order chi connectivity index (χ0) is 55.1. The van der Waals surface area contributed by atoms with E-state index in [4.69, 9.17) is 19.6 Å². The van der Waals surface area contributed by atoms with Crippen LogP contribution in [0.25, 0.3) is 22.3 Å². The van der Waals surface area contributed by atoms with Gasteiger partial charge >= 0.3 is 93.7 Å². The molecule has 5 aliphatic rings. The molecule has 0 bridgehead atoms. The number of imide groups is 1. The fourth-order valence-corrected chi connectivity index (χ4v) is 9.45. The number of carboxylic acid groups (broad SMARTS) is 1. The maximum atomic E-state index is 15.2. The average molecular weight is 1240 g/mol. The Balaban J connectivity index is 0.000000273. The number of halogens is 1. The normalized spacial score (nSPS) is 17.2. The van der Waals surface area contributed by atoms with Crippen LogP contribution < -0.4 is 42.8 Å². The number of hydrogen-bond donors (Lipinski definition) is 8. The number of esters is 1. The van der Waals surface area contributed by atoms with Crippen LogP contribution in [0.15, 0.2) is 29.1 Å². The van der Waals surface area contributed by atoms with Crippen LogP contribution in [0.1, 0.15) is 77.9 Å². The minimum Gasteiger partial charge on any atom is -0.480 e. The summed E-state index contributed by atoms with van der Waals surface area (Å²) in [6, 6.07) is 2.59. The number of nitrogens with zero attached hydrogens (tertiary/aromatic N) is 3. The molecular weight excluding hydrogens is 1180 g/mol. The molecule has 0 spiro atoms. The molecule has 75 heavy (non-hydrogen) atoms. The summed E-state index contributed by atoms with van der Waals surface area (Å²) in [4.78, 5) is 131. The number of carboxylic acids is 1. The predicted molar refractivity (Wildman–Crippen MR) is 266 cm³/mol. The number of cyclic esters (lactones) is 1. The summed E-state index contributed by atoms with van der Waals surface area (Å²) in [6.07, 6.45) is 6.11. The van der Waals surface area contributed by atoms with Crippen molar-refractivity contribution in [2.45, 2.75) is 86.7 Å². The Morgan fingerprint density at radius 1 is 0.947 bits per heavy atom. The van der Waals surface area contributed by atoms with Crippen molar-refractivity contribution in [1.82, 2.24) is 51.7 Å². The Labute approximate surface area is 445 Å². The molecule has 8 N–H and O–H groups in total. The molecule has 3 aliphatic heterocycles. The van der Waals surface area contributed by atoms with Crippen LogP contribution in [-0.4, -0.2) is 178 Å². The van der Waals surface area contributed by atoms with E-state index in [1.807, 2.05) is 13.0 Å². The van der Waals surface area contributed by atoms with Crippen LogP contribution >= 0.6 is 0 Å². The number of amides is 6. The number of aryl methyl sites for hydroxylation is 1. The number of benzene rings is 1. The van der Waals surface area contributed by atoms with Gasteiger partial charge in [-0.3, -0.25) is 43.3 Å². The number of hydrogen-bond acceptors (Lipinski definition) is 17. The van der Waals surface area contributed by atoms with E-state index in [1.54, 1.807) is 32.6 Å². The first kappa shape index (κ1) is 59.2. The molecule has 5 heterocycles. The fourth-order valence-electron chi connectivity index (χ4n) is 8.68. The monoisotopic (exact) mass is 1240 g/mol. The Bertz CT molecular complexity index is 2820. The van der Waals surface area contributed by atoms with Gasteiger partial charge in [0.05, 0.1) is 60.6 Å². The fraction of sp³-hybridized carbons (Fsp3) is 0.469. The molecule has 6 amide bonds. The third-order valence-electron chi connectivity index (χ3n) is 12.6. The van der Waals surface area contributed by atoms with Crippen molar-refractivity contribution in [2.75, 3.05) is 60.6 Å². The molecule has 1 aromatic carbocycles. The molecule has 2 aromatic heterocycles. The summed E-state index contributed by atoms with van der Waals surface area (Å²) in [6.45, 7) is 3.70. The topological polar surface area (TPSA) is 332 Å². The van der Waals surface area contributed by atoms with E-state index in [1.165, 1.54) is 6.07 Å². The summed E-state index contributed by atoms with van der Waals surface area (Å²) in [5.41, 5.74) is 4.50. The molecule has 8 rings (SSSR count).